The van der Waals surface area contributed by atoms with Gasteiger partial charge in [-0.05, 0) is 23.8 Å². The number of nitrogens with one attached hydrogen (secondary N) is 1. The second-order valence-electron chi connectivity index (χ2n) is 3.35. The molecule has 0 saturated heterocycles. The van der Waals surface area contributed by atoms with Gasteiger partial charge in [0.1, 0.15) is 0 Å². The van der Waals surface area contributed by atoms with Gasteiger partial charge in [-0.1, -0.05) is 36.4 Å². The van der Waals surface area contributed by atoms with E-state index in [0.717, 1.165) is 16.9 Å². The summed E-state index contributed by atoms with van der Waals surface area (Å²) in [5.41, 5.74) is 8.95. The first-order chi connectivity index (χ1) is 7.40. The van der Waals surface area contributed by atoms with Crippen LogP contribution in [0.4, 0.5) is 11.4 Å². The van der Waals surface area contributed by atoms with Crippen molar-refractivity contribution < 1.29 is 0 Å². The van der Waals surface area contributed by atoms with Crippen molar-refractivity contribution in [1.29, 1.82) is 0 Å². The van der Waals surface area contributed by atoms with Crippen LogP contribution in [0.2, 0.25) is 0 Å². The molecule has 2 nitrogen and oxygen atoms in total. The molecule has 0 aliphatic rings. The predicted octanol–water partition coefficient (Wildman–Crippen LogP) is 2.89. The van der Waals surface area contributed by atoms with Gasteiger partial charge in [0, 0.05) is 17.9 Å². The summed E-state index contributed by atoms with van der Waals surface area (Å²) in [5.74, 6) is 0. The maximum Gasteiger partial charge on any atom is 0.0429 e. The largest absolute Gasteiger partial charge is 0.355 e. The van der Waals surface area contributed by atoms with E-state index in [1.54, 1.807) is 0 Å². The van der Waals surface area contributed by atoms with Gasteiger partial charge >= 0.3 is 0 Å². The maximum absolute atomic E-state index is 5.66. The molecular weight excluding hydrogens is 184 g/mol. The summed E-state index contributed by atoms with van der Waals surface area (Å²) >= 11 is 0. The van der Waals surface area contributed by atoms with Gasteiger partial charge in [-0.25, -0.2) is 0 Å². The number of hydrogen-bond donors (Lipinski definition) is 2. The first kappa shape index (κ1) is 9.74. The Morgan fingerprint density at radius 3 is 2.27 bits per heavy atom. The molecule has 15 heavy (non-hydrogen) atoms. The molecule has 2 aromatic rings. The van der Waals surface area contributed by atoms with Crippen LogP contribution in [0, 0.1) is 0 Å². The fourth-order valence-corrected chi connectivity index (χ4v) is 1.50. The summed E-state index contributed by atoms with van der Waals surface area (Å²) in [5, 5.41) is 3.34. The Labute approximate surface area is 89.7 Å². The van der Waals surface area contributed by atoms with E-state index in [4.69, 9.17) is 5.73 Å². The van der Waals surface area contributed by atoms with Gasteiger partial charge in [-0.15, -0.1) is 0 Å². The minimum Gasteiger partial charge on any atom is -0.355 e. The summed E-state index contributed by atoms with van der Waals surface area (Å²) in [6.45, 7) is 0.552. The van der Waals surface area contributed by atoms with Gasteiger partial charge in [0.15, 0.2) is 0 Å². The number of rotatable bonds is 3. The molecule has 0 aliphatic carbocycles. The molecule has 2 aromatic carbocycles. The second kappa shape index (κ2) is 4.62. The molecule has 0 spiro atoms. The number of hydrogen-bond acceptors (Lipinski definition) is 2. The van der Waals surface area contributed by atoms with Gasteiger partial charge in [0.25, 0.3) is 0 Å². The predicted molar refractivity (Wildman–Crippen MR) is 64.1 cm³/mol. The molecular formula is C13H14N2. The van der Waals surface area contributed by atoms with E-state index in [-0.39, 0.29) is 0 Å². The first-order valence-corrected chi connectivity index (χ1v) is 5.00. The van der Waals surface area contributed by atoms with Gasteiger partial charge in [0.2, 0.25) is 0 Å². The van der Waals surface area contributed by atoms with Crippen LogP contribution in [0.1, 0.15) is 5.56 Å². The Hall–Kier alpha value is -1.80. The molecule has 0 radical (unpaired) electrons. The van der Waals surface area contributed by atoms with Crippen molar-refractivity contribution in [3.05, 3.63) is 60.2 Å². The molecule has 0 atom stereocenters. The molecule has 0 aromatic heterocycles. The zero-order valence-corrected chi connectivity index (χ0v) is 8.48. The number of nitrogens with two attached hydrogens (primary N) is 1. The highest BCUT2D eigenvalue weighted by Gasteiger charge is 1.98. The smallest absolute Gasteiger partial charge is 0.0429 e. The third-order valence-electron chi connectivity index (χ3n) is 2.29. The van der Waals surface area contributed by atoms with E-state index in [9.17, 15) is 0 Å². The summed E-state index contributed by atoms with van der Waals surface area (Å²) in [6.07, 6.45) is 0. The van der Waals surface area contributed by atoms with Gasteiger partial charge in [-0.3, -0.25) is 0 Å². The number of para-hydroxylation sites is 2. The average molecular weight is 198 g/mol. The molecule has 0 saturated carbocycles. The van der Waals surface area contributed by atoms with Crippen LogP contribution in [0.25, 0.3) is 0 Å². The fourth-order valence-electron chi connectivity index (χ4n) is 1.50. The molecule has 3 N–H and O–H groups in total. The lowest BCUT2D eigenvalue weighted by atomic mass is 10.1. The normalized spacial score (nSPS) is 9.93. The number of anilines is 2. The lowest BCUT2D eigenvalue weighted by Gasteiger charge is -2.10. The monoisotopic (exact) mass is 198 g/mol. The molecule has 0 unspecified atom stereocenters. The highest BCUT2D eigenvalue weighted by molar-refractivity contribution is 5.62. The van der Waals surface area contributed by atoms with Crippen molar-refractivity contribution in [2.45, 2.75) is 6.54 Å². The van der Waals surface area contributed by atoms with Gasteiger partial charge < -0.3 is 11.1 Å². The van der Waals surface area contributed by atoms with E-state index in [1.165, 1.54) is 0 Å². The Balaban J connectivity index is 2.24. The fraction of sp³-hybridized carbons (Fsp3) is 0.0769. The molecule has 0 bridgehead atoms. The first-order valence-electron chi connectivity index (χ1n) is 5.00. The van der Waals surface area contributed by atoms with E-state index in [1.807, 2.05) is 54.6 Å². The molecule has 0 heterocycles. The van der Waals surface area contributed by atoms with Crippen LogP contribution in [0.15, 0.2) is 54.6 Å². The summed E-state index contributed by atoms with van der Waals surface area (Å²) < 4.78 is 0. The van der Waals surface area contributed by atoms with Crippen molar-refractivity contribution in [2.24, 2.45) is 5.73 Å². The highest BCUT2D eigenvalue weighted by Crippen LogP contribution is 2.19. The Morgan fingerprint density at radius 1 is 0.867 bits per heavy atom. The van der Waals surface area contributed by atoms with Gasteiger partial charge in [0.05, 0.1) is 0 Å². The zero-order valence-electron chi connectivity index (χ0n) is 8.48. The molecule has 0 aliphatic heterocycles. The molecule has 0 amide bonds. The van der Waals surface area contributed by atoms with Crippen molar-refractivity contribution >= 4 is 11.4 Å². The van der Waals surface area contributed by atoms with Crippen LogP contribution < -0.4 is 11.1 Å². The Morgan fingerprint density at radius 2 is 1.53 bits per heavy atom. The van der Waals surface area contributed by atoms with Crippen molar-refractivity contribution in [2.75, 3.05) is 5.32 Å². The van der Waals surface area contributed by atoms with Crippen LogP contribution in [0.5, 0.6) is 0 Å². The molecule has 2 rings (SSSR count). The third-order valence-corrected chi connectivity index (χ3v) is 2.29. The Kier molecular flexibility index (Phi) is 3.00. The van der Waals surface area contributed by atoms with Crippen molar-refractivity contribution in [3.8, 4) is 0 Å². The van der Waals surface area contributed by atoms with Gasteiger partial charge in [-0.2, -0.15) is 0 Å². The van der Waals surface area contributed by atoms with Crippen LogP contribution in [0.3, 0.4) is 0 Å². The SMILES string of the molecule is NCc1ccccc1Nc1ccccc1. The minimum absolute atomic E-state index is 0.552. The van der Waals surface area contributed by atoms with E-state index >= 15 is 0 Å². The summed E-state index contributed by atoms with van der Waals surface area (Å²) in [4.78, 5) is 0. The van der Waals surface area contributed by atoms with Crippen molar-refractivity contribution in [3.63, 3.8) is 0 Å². The van der Waals surface area contributed by atoms with Crippen LogP contribution >= 0.6 is 0 Å². The van der Waals surface area contributed by atoms with E-state index in [0.29, 0.717) is 6.54 Å². The van der Waals surface area contributed by atoms with E-state index in [2.05, 4.69) is 5.32 Å². The zero-order chi connectivity index (χ0) is 10.5. The van der Waals surface area contributed by atoms with E-state index < -0.39 is 0 Å². The average Bonchev–Trinajstić information content (AvgIpc) is 2.31. The lowest BCUT2D eigenvalue weighted by molar-refractivity contribution is 1.07. The summed E-state index contributed by atoms with van der Waals surface area (Å²) in [7, 11) is 0. The van der Waals surface area contributed by atoms with Crippen LogP contribution in [-0.2, 0) is 6.54 Å². The van der Waals surface area contributed by atoms with Crippen molar-refractivity contribution in [1.82, 2.24) is 0 Å². The topological polar surface area (TPSA) is 38.0 Å². The standard InChI is InChI=1S/C13H14N2/c14-10-11-6-4-5-9-13(11)15-12-7-2-1-3-8-12/h1-9,15H,10,14H2. The highest BCUT2D eigenvalue weighted by atomic mass is 14.9. The third kappa shape index (κ3) is 2.36. The van der Waals surface area contributed by atoms with Crippen LogP contribution in [-0.4, -0.2) is 0 Å². The maximum atomic E-state index is 5.66. The molecule has 0 fully saturated rings. The minimum atomic E-state index is 0.552. The molecule has 2 heteroatoms. The Bertz CT molecular complexity index is 424. The lowest BCUT2D eigenvalue weighted by Crippen LogP contribution is -2.01. The molecule has 76 valence electrons. The quantitative estimate of drug-likeness (QED) is 0.795. The summed E-state index contributed by atoms with van der Waals surface area (Å²) in [6, 6.07) is 18.2. The number of benzene rings is 2. The second-order valence-corrected chi connectivity index (χ2v) is 3.35.